The first-order valence-electron chi connectivity index (χ1n) is 25.6. The van der Waals surface area contributed by atoms with Crippen molar-refractivity contribution in [2.24, 2.45) is 0 Å². The number of carbonyl (C=O) groups is 2. The van der Waals surface area contributed by atoms with Crippen LogP contribution < -0.4 is 21.2 Å². The van der Waals surface area contributed by atoms with E-state index in [0.717, 1.165) is 62.1 Å². The van der Waals surface area contributed by atoms with Gasteiger partial charge in [0, 0.05) is 19.0 Å². The molecule has 1 aliphatic rings. The van der Waals surface area contributed by atoms with Gasteiger partial charge in [-0.25, -0.2) is 9.11 Å². The number of unbranched alkanes of at least 4 members (excludes halogenated alkanes) is 18. The minimum atomic E-state index is -5.75. The van der Waals surface area contributed by atoms with Gasteiger partial charge in [-0.15, -0.1) is 0 Å². The molecule has 1 aliphatic heterocycles. The van der Waals surface area contributed by atoms with Crippen LogP contribution in [0.3, 0.4) is 0 Å². The van der Waals surface area contributed by atoms with Crippen molar-refractivity contribution in [2.45, 2.75) is 211 Å². The lowest BCUT2D eigenvalue weighted by Crippen LogP contribution is -2.36. The fraction of sp³-hybridized carbons (Fsp3) is 0.720. The van der Waals surface area contributed by atoms with E-state index in [1.807, 2.05) is 12.2 Å². The van der Waals surface area contributed by atoms with Crippen LogP contribution >= 0.6 is 15.6 Å². The third kappa shape index (κ3) is 30.6. The van der Waals surface area contributed by atoms with E-state index in [1.165, 1.54) is 89.5 Å². The van der Waals surface area contributed by atoms with Gasteiger partial charge < -0.3 is 49.0 Å². The quantitative estimate of drug-likeness (QED) is 0.0238. The highest BCUT2D eigenvalue weighted by Crippen LogP contribution is 2.56. The van der Waals surface area contributed by atoms with Crippen molar-refractivity contribution in [3.8, 4) is 0 Å². The van der Waals surface area contributed by atoms with Gasteiger partial charge >= 0.3 is 17.6 Å². The number of nitrogens with zero attached hydrogens (tertiary/aromatic N) is 2. The Kier molecular flexibility index (Phi) is 34.4. The van der Waals surface area contributed by atoms with E-state index < -0.39 is 83.7 Å². The molecule has 0 spiro atoms. The summed E-state index contributed by atoms with van der Waals surface area (Å²) in [6.45, 7) is 1.86. The molecule has 18 nitrogen and oxygen atoms in total. The molecule has 1 fully saturated rings. The van der Waals surface area contributed by atoms with Crippen LogP contribution in [0.4, 0.5) is 5.82 Å². The van der Waals surface area contributed by atoms with Gasteiger partial charge in [-0.3, -0.25) is 23.3 Å². The predicted molar refractivity (Wildman–Crippen MR) is 266 cm³/mol. The second-order valence-electron chi connectivity index (χ2n) is 17.6. The molecule has 7 atom stereocenters. The topological polar surface area (TPSA) is 271 Å². The van der Waals surface area contributed by atoms with Gasteiger partial charge in [0.2, 0.25) is 0 Å². The number of ether oxygens (including phenoxy) is 3. The smallest absolute Gasteiger partial charge is 0.351 e. The van der Waals surface area contributed by atoms with Crippen LogP contribution in [0, 0.1) is 0 Å². The van der Waals surface area contributed by atoms with Gasteiger partial charge in [0.1, 0.15) is 30.7 Å². The second-order valence-corrected chi connectivity index (χ2v) is 20.6. The van der Waals surface area contributed by atoms with Crippen LogP contribution in [0.25, 0.3) is 0 Å². The van der Waals surface area contributed by atoms with Crippen molar-refractivity contribution in [3.05, 3.63) is 71.4 Å². The molecule has 1 aromatic rings. The number of nitrogen functional groups attached to an aromatic ring is 1. The summed E-state index contributed by atoms with van der Waals surface area (Å²) in [7, 11) is -11.5. The fourth-order valence-corrected chi connectivity index (χ4v) is 9.45. The molecule has 2 unspecified atom stereocenters. The van der Waals surface area contributed by atoms with E-state index >= 15 is 0 Å². The fourth-order valence-electron chi connectivity index (χ4n) is 7.41. The molecule has 0 saturated carbocycles. The Morgan fingerprint density at radius 1 is 0.700 bits per heavy atom. The van der Waals surface area contributed by atoms with E-state index in [1.54, 1.807) is 0 Å². The number of hydrogen-bond acceptors (Lipinski definition) is 17. The lowest BCUT2D eigenvalue weighted by molar-refractivity contribution is -0.246. The summed E-state index contributed by atoms with van der Waals surface area (Å²) >= 11 is 0. The molecular weight excluding hydrogens is 945 g/mol. The Bertz CT molecular complexity index is 1860. The van der Waals surface area contributed by atoms with Gasteiger partial charge in [-0.2, -0.15) is 4.98 Å². The van der Waals surface area contributed by atoms with Crippen LogP contribution in [-0.2, 0) is 46.3 Å². The highest BCUT2D eigenvalue weighted by atomic mass is 31.3. The van der Waals surface area contributed by atoms with Crippen molar-refractivity contribution in [1.82, 2.24) is 9.55 Å². The van der Waals surface area contributed by atoms with Crippen LogP contribution in [0.2, 0.25) is 0 Å². The number of aliphatic hydroxyl groups excluding tert-OH is 2. The largest absolute Gasteiger partial charge is 0.756 e. The minimum Gasteiger partial charge on any atom is -0.756 e. The summed E-state index contributed by atoms with van der Waals surface area (Å²) in [4.78, 5) is 66.4. The van der Waals surface area contributed by atoms with Crippen LogP contribution in [0.5, 0.6) is 0 Å². The molecule has 400 valence electrons. The first-order valence-corrected chi connectivity index (χ1v) is 28.5. The van der Waals surface area contributed by atoms with Gasteiger partial charge in [0.25, 0.3) is 15.6 Å². The molecule has 2 rings (SSSR count). The zero-order valence-corrected chi connectivity index (χ0v) is 43.5. The van der Waals surface area contributed by atoms with Crippen molar-refractivity contribution in [1.29, 1.82) is 0 Å². The molecule has 1 aromatic heterocycles. The molecule has 70 heavy (non-hydrogen) atoms. The number of anilines is 1. The molecule has 1 saturated heterocycles. The first kappa shape index (κ1) is 62.8. The van der Waals surface area contributed by atoms with Gasteiger partial charge in [0.15, 0.2) is 12.3 Å². The highest BCUT2D eigenvalue weighted by molar-refractivity contribution is 7.59. The number of phosphoric acid groups is 2. The summed E-state index contributed by atoms with van der Waals surface area (Å²) in [6, 6.07) is 1.23. The number of allylic oxidation sites excluding steroid dienone is 8. The Morgan fingerprint density at radius 3 is 1.74 bits per heavy atom. The van der Waals surface area contributed by atoms with Crippen LogP contribution in [0.15, 0.2) is 65.7 Å². The van der Waals surface area contributed by atoms with Crippen molar-refractivity contribution in [2.75, 3.05) is 25.6 Å². The number of phosphoric ester groups is 2. The lowest BCUT2D eigenvalue weighted by atomic mass is 10.0. The van der Waals surface area contributed by atoms with Crippen molar-refractivity contribution < 1.29 is 66.3 Å². The third-order valence-corrected chi connectivity index (χ3v) is 13.9. The molecular formula is C50H83N3O15P2-2. The summed E-state index contributed by atoms with van der Waals surface area (Å²) in [5.74, 6) is -1.43. The van der Waals surface area contributed by atoms with Gasteiger partial charge in [0.05, 0.1) is 13.2 Å². The van der Waals surface area contributed by atoms with E-state index in [9.17, 15) is 43.5 Å². The highest BCUT2D eigenvalue weighted by Gasteiger charge is 2.45. The Morgan fingerprint density at radius 2 is 1.19 bits per heavy atom. The number of aromatic nitrogens is 2. The maximum Gasteiger partial charge on any atom is 0.351 e. The zero-order valence-electron chi connectivity index (χ0n) is 41.7. The maximum absolute atomic E-state index is 12.8. The maximum atomic E-state index is 12.8. The van der Waals surface area contributed by atoms with Crippen LogP contribution in [0.1, 0.15) is 187 Å². The van der Waals surface area contributed by atoms with E-state index in [2.05, 4.69) is 64.1 Å². The van der Waals surface area contributed by atoms with Crippen LogP contribution in [-0.4, -0.2) is 75.9 Å². The number of carbonyl (C=O) groups excluding carboxylic acids is 2. The van der Waals surface area contributed by atoms with E-state index in [0.29, 0.717) is 19.3 Å². The number of esters is 2. The standard InChI is InChI=1S/C50H85N3O15P2/c1-3-5-7-9-11-13-15-17-19-20-22-24-26-28-30-32-34-36-46(55)66-42(39-63-45(54)35-33-31-29-27-25-23-21-18-16-14-12-10-8-6-4-2)40-64-69(59,60)68-70(61,62)65-41-43-47(56)48(57)49(67-43)53-38-37-44(51)52-50(53)58/h11,13,17,19,22,24,28,30,37-38,42-43,47-49,56-57H,3-10,12,14-16,18,20-21,23,25-27,29,31-36,39-41H2,1-2H3,(H,59,60)(H,61,62)(H2,51,52,58)/p-2/b13-11-,19-17-,24-22-,30-28-/t42-,43-,47-,48-,49-/m1/s1. The summed E-state index contributed by atoms with van der Waals surface area (Å²) < 4.78 is 55.8. The molecule has 0 aromatic carbocycles. The Balaban J connectivity index is 1.82. The number of aliphatic hydroxyl groups is 2. The van der Waals surface area contributed by atoms with E-state index in [-0.39, 0.29) is 18.7 Å². The molecule has 2 heterocycles. The number of rotatable bonds is 42. The van der Waals surface area contributed by atoms with Gasteiger partial charge in [-0.1, -0.05) is 165 Å². The van der Waals surface area contributed by atoms with Crippen molar-refractivity contribution >= 4 is 33.4 Å². The third-order valence-electron chi connectivity index (χ3n) is 11.4. The molecule has 4 N–H and O–H groups in total. The predicted octanol–water partition coefficient (Wildman–Crippen LogP) is 9.29. The summed E-state index contributed by atoms with van der Waals surface area (Å²) in [5, 5.41) is 20.8. The molecule has 0 aliphatic carbocycles. The Hall–Kier alpha value is -3.28. The minimum absolute atomic E-state index is 0.0507. The van der Waals surface area contributed by atoms with Crippen molar-refractivity contribution in [3.63, 3.8) is 0 Å². The average Bonchev–Trinajstić information content (AvgIpc) is 3.59. The monoisotopic (exact) mass is 1030 g/mol. The lowest BCUT2D eigenvalue weighted by Gasteiger charge is -2.32. The van der Waals surface area contributed by atoms with E-state index in [4.69, 9.17) is 24.5 Å². The Labute approximate surface area is 416 Å². The average molecular weight is 1030 g/mol. The first-order chi connectivity index (χ1) is 33.7. The number of nitrogens with two attached hydrogens (primary N) is 1. The second kappa shape index (κ2) is 38.4. The normalized spacial score (nSPS) is 19.6. The summed E-state index contributed by atoms with van der Waals surface area (Å²) in [5.41, 5.74) is 4.55. The zero-order chi connectivity index (χ0) is 51.3. The molecule has 20 heteroatoms. The SMILES string of the molecule is CCCCC/C=C\C/C=C\C/C=C\C/C=C\CCCC(=O)O[C@H](COC(=O)CCCCCCCCCCCCCCCCC)COP(=O)([O-])OP(=O)([O-])OC[C@H]1O[C@@H](n2ccc(N)nc2=O)[C@H](O)[C@@H]1O. The number of hydrogen-bond donors (Lipinski definition) is 3. The molecule has 0 radical (unpaired) electrons. The molecule has 0 bridgehead atoms. The summed E-state index contributed by atoms with van der Waals surface area (Å²) in [6.07, 6.45) is 35.7. The molecule has 0 amide bonds. The van der Waals surface area contributed by atoms with Gasteiger partial charge in [-0.05, 0) is 57.4 Å².